The van der Waals surface area contributed by atoms with E-state index >= 15 is 0 Å². The van der Waals surface area contributed by atoms with Gasteiger partial charge in [0.1, 0.15) is 11.3 Å². The molecule has 0 amide bonds. The molecule has 0 fully saturated rings. The maximum atomic E-state index is 11.2. The smallest absolute Gasteiger partial charge is 0.339 e. The van der Waals surface area contributed by atoms with Crippen LogP contribution in [0.4, 0.5) is 0 Å². The van der Waals surface area contributed by atoms with E-state index in [1.54, 1.807) is 0 Å². The summed E-state index contributed by atoms with van der Waals surface area (Å²) in [7, 11) is 1.40. The number of ether oxygens (including phenoxy) is 1. The van der Waals surface area contributed by atoms with E-state index in [0.29, 0.717) is 16.9 Å². The number of nitrogens with zero attached hydrogens (tertiary/aromatic N) is 1. The number of hydrogen-bond donors (Lipinski definition) is 1. The Bertz CT molecular complexity index is 551. The summed E-state index contributed by atoms with van der Waals surface area (Å²) in [6.45, 7) is 1.18. The first-order valence-corrected chi connectivity index (χ1v) is 5.03. The molecule has 0 saturated heterocycles. The molecule has 1 N–H and O–H groups in total. The van der Waals surface area contributed by atoms with E-state index < -0.39 is 11.8 Å². The van der Waals surface area contributed by atoms with Crippen molar-refractivity contribution in [2.45, 2.75) is 6.92 Å². The van der Waals surface area contributed by atoms with Gasteiger partial charge in [0.15, 0.2) is 5.78 Å². The zero-order valence-electron chi connectivity index (χ0n) is 9.93. The van der Waals surface area contributed by atoms with Gasteiger partial charge in [-0.25, -0.2) is 4.79 Å². The minimum atomic E-state index is -1.30. The minimum absolute atomic E-state index is 0.335. The van der Waals surface area contributed by atoms with Crippen molar-refractivity contribution in [3.05, 3.63) is 34.9 Å². The Morgan fingerprint density at radius 1 is 1.44 bits per heavy atom. The standard InChI is InChI=1S/C13H11NO4/c1-8(15)11(13(16)17)6-10-4-3-9(7-14)5-12(10)18-2/h3-6H,1-2H3,(H,16,17)/b11-6+. The predicted molar refractivity (Wildman–Crippen MR) is 64.0 cm³/mol. The van der Waals surface area contributed by atoms with E-state index in [4.69, 9.17) is 15.1 Å². The second-order valence-corrected chi connectivity index (χ2v) is 3.49. The van der Waals surface area contributed by atoms with Crippen LogP contribution >= 0.6 is 0 Å². The Kier molecular flexibility index (Phi) is 4.22. The van der Waals surface area contributed by atoms with Gasteiger partial charge in [-0.2, -0.15) is 5.26 Å². The van der Waals surface area contributed by atoms with Gasteiger partial charge in [-0.15, -0.1) is 0 Å². The SMILES string of the molecule is COc1cc(C#N)ccc1/C=C(\C(C)=O)C(=O)O. The van der Waals surface area contributed by atoms with Crippen molar-refractivity contribution in [1.82, 2.24) is 0 Å². The molecule has 0 aromatic heterocycles. The average molecular weight is 245 g/mol. The molecule has 1 rings (SSSR count). The monoisotopic (exact) mass is 245 g/mol. The molecule has 0 radical (unpaired) electrons. The molecule has 92 valence electrons. The van der Waals surface area contributed by atoms with Crippen LogP contribution in [-0.2, 0) is 9.59 Å². The summed E-state index contributed by atoms with van der Waals surface area (Å²) in [4.78, 5) is 22.1. The van der Waals surface area contributed by atoms with Gasteiger partial charge in [0.05, 0.1) is 18.7 Å². The zero-order valence-corrected chi connectivity index (χ0v) is 9.93. The number of ketones is 1. The average Bonchev–Trinajstić information content (AvgIpc) is 2.34. The second-order valence-electron chi connectivity index (χ2n) is 3.49. The number of benzene rings is 1. The molecular weight excluding hydrogens is 234 g/mol. The number of aliphatic carboxylic acids is 1. The summed E-state index contributed by atoms with van der Waals surface area (Å²) >= 11 is 0. The molecule has 5 heteroatoms. The lowest BCUT2D eigenvalue weighted by Crippen LogP contribution is -2.08. The molecule has 1 aromatic carbocycles. The molecule has 0 unspecified atom stereocenters. The van der Waals surface area contributed by atoms with Crippen molar-refractivity contribution in [3.63, 3.8) is 0 Å². The number of hydrogen-bond acceptors (Lipinski definition) is 4. The van der Waals surface area contributed by atoms with Crippen LogP contribution < -0.4 is 4.74 Å². The number of carbonyl (C=O) groups is 2. The molecular formula is C13H11NO4. The van der Waals surface area contributed by atoms with Crippen LogP contribution in [-0.4, -0.2) is 24.0 Å². The Labute approximate surface area is 104 Å². The van der Waals surface area contributed by atoms with Crippen molar-refractivity contribution < 1.29 is 19.4 Å². The highest BCUT2D eigenvalue weighted by Crippen LogP contribution is 2.22. The third kappa shape index (κ3) is 2.95. The van der Waals surface area contributed by atoms with Gasteiger partial charge in [0.2, 0.25) is 0 Å². The Hall–Kier alpha value is -2.61. The molecule has 0 aliphatic rings. The van der Waals surface area contributed by atoms with Crippen molar-refractivity contribution in [1.29, 1.82) is 5.26 Å². The van der Waals surface area contributed by atoms with Gasteiger partial charge >= 0.3 is 5.97 Å². The van der Waals surface area contributed by atoms with Gasteiger partial charge in [-0.05, 0) is 31.2 Å². The maximum Gasteiger partial charge on any atom is 0.339 e. The lowest BCUT2D eigenvalue weighted by molar-refractivity contribution is -0.134. The largest absolute Gasteiger partial charge is 0.496 e. The summed E-state index contributed by atoms with van der Waals surface area (Å²) in [5.74, 6) is -1.50. The Morgan fingerprint density at radius 2 is 2.11 bits per heavy atom. The minimum Gasteiger partial charge on any atom is -0.496 e. The molecule has 0 aliphatic heterocycles. The molecule has 1 aromatic rings. The van der Waals surface area contributed by atoms with Gasteiger partial charge in [-0.3, -0.25) is 4.79 Å². The van der Waals surface area contributed by atoms with Crippen LogP contribution in [0.15, 0.2) is 23.8 Å². The molecule has 0 bridgehead atoms. The Morgan fingerprint density at radius 3 is 2.56 bits per heavy atom. The van der Waals surface area contributed by atoms with Crippen LogP contribution in [0, 0.1) is 11.3 Å². The third-order valence-electron chi connectivity index (χ3n) is 2.27. The molecule has 5 nitrogen and oxygen atoms in total. The zero-order chi connectivity index (χ0) is 13.7. The first kappa shape index (κ1) is 13.5. The quantitative estimate of drug-likeness (QED) is 0.494. The van der Waals surface area contributed by atoms with E-state index in [1.807, 2.05) is 6.07 Å². The third-order valence-corrected chi connectivity index (χ3v) is 2.27. The van der Waals surface area contributed by atoms with E-state index in [2.05, 4.69) is 0 Å². The van der Waals surface area contributed by atoms with Crippen molar-refractivity contribution in [2.24, 2.45) is 0 Å². The molecule has 18 heavy (non-hydrogen) atoms. The first-order valence-electron chi connectivity index (χ1n) is 5.03. The van der Waals surface area contributed by atoms with Crippen molar-refractivity contribution in [2.75, 3.05) is 7.11 Å². The van der Waals surface area contributed by atoms with E-state index in [1.165, 1.54) is 38.3 Å². The number of Topliss-reactive ketones (excluding diaryl/α,β-unsaturated/α-hetero) is 1. The molecule has 0 spiro atoms. The number of carboxylic acid groups (broad SMARTS) is 1. The summed E-state index contributed by atoms with van der Waals surface area (Å²) in [6.07, 6.45) is 1.23. The van der Waals surface area contributed by atoms with Crippen LogP contribution in [0.5, 0.6) is 5.75 Å². The van der Waals surface area contributed by atoms with Crippen molar-refractivity contribution >= 4 is 17.8 Å². The van der Waals surface area contributed by atoms with Crippen LogP contribution in [0.2, 0.25) is 0 Å². The predicted octanol–water partition coefficient (Wildman–Crippen LogP) is 1.62. The van der Waals surface area contributed by atoms with Gasteiger partial charge in [0, 0.05) is 5.56 Å². The highest BCUT2D eigenvalue weighted by atomic mass is 16.5. The Balaban J connectivity index is 3.33. The number of rotatable bonds is 4. The van der Waals surface area contributed by atoms with Gasteiger partial charge in [-0.1, -0.05) is 0 Å². The van der Waals surface area contributed by atoms with E-state index in [-0.39, 0.29) is 5.57 Å². The number of methoxy groups -OCH3 is 1. The van der Waals surface area contributed by atoms with Crippen LogP contribution in [0.1, 0.15) is 18.1 Å². The summed E-state index contributed by atoms with van der Waals surface area (Å²) in [5, 5.41) is 17.6. The fourth-order valence-electron chi connectivity index (χ4n) is 1.37. The molecule has 0 heterocycles. The number of nitriles is 1. The summed E-state index contributed by atoms with van der Waals surface area (Å²) in [6, 6.07) is 6.47. The van der Waals surface area contributed by atoms with E-state index in [9.17, 15) is 9.59 Å². The highest BCUT2D eigenvalue weighted by molar-refractivity contribution is 6.19. The summed E-state index contributed by atoms with van der Waals surface area (Å²) < 4.78 is 5.05. The molecule has 0 saturated carbocycles. The van der Waals surface area contributed by atoms with Gasteiger partial charge in [0.25, 0.3) is 0 Å². The fourth-order valence-corrected chi connectivity index (χ4v) is 1.37. The summed E-state index contributed by atoms with van der Waals surface area (Å²) in [5.41, 5.74) is 0.491. The van der Waals surface area contributed by atoms with Crippen LogP contribution in [0.3, 0.4) is 0 Å². The first-order chi connectivity index (χ1) is 8.49. The second kappa shape index (κ2) is 5.64. The molecule has 0 atom stereocenters. The maximum absolute atomic E-state index is 11.2. The van der Waals surface area contributed by atoms with Crippen LogP contribution in [0.25, 0.3) is 6.08 Å². The highest BCUT2D eigenvalue weighted by Gasteiger charge is 2.14. The van der Waals surface area contributed by atoms with Crippen molar-refractivity contribution in [3.8, 4) is 11.8 Å². The fraction of sp³-hybridized carbons (Fsp3) is 0.154. The molecule has 0 aliphatic carbocycles. The van der Waals surface area contributed by atoms with E-state index in [0.717, 1.165) is 0 Å². The lowest BCUT2D eigenvalue weighted by atomic mass is 10.1. The normalized spacial score (nSPS) is 10.6. The lowest BCUT2D eigenvalue weighted by Gasteiger charge is -2.06. The van der Waals surface area contributed by atoms with Gasteiger partial charge < -0.3 is 9.84 Å². The number of carbonyl (C=O) groups excluding carboxylic acids is 1. The number of carboxylic acids is 1. The topological polar surface area (TPSA) is 87.4 Å².